The van der Waals surface area contributed by atoms with E-state index in [4.69, 9.17) is 16.3 Å². The number of hydrogen-bond acceptors (Lipinski definition) is 4. The lowest BCUT2D eigenvalue weighted by Crippen LogP contribution is -2.30. The van der Waals surface area contributed by atoms with Gasteiger partial charge in [0.15, 0.2) is 23.6 Å². The first-order valence-electron chi connectivity index (χ1n) is 7.41. The van der Waals surface area contributed by atoms with Gasteiger partial charge in [-0.15, -0.1) is 0 Å². The van der Waals surface area contributed by atoms with E-state index in [1.54, 1.807) is 19.9 Å². The molecule has 1 heterocycles. The zero-order chi connectivity index (χ0) is 19.6. The predicted octanol–water partition coefficient (Wildman–Crippen LogP) is 3.95. The van der Waals surface area contributed by atoms with Crippen molar-refractivity contribution in [3.05, 3.63) is 57.6 Å². The number of carbonyl (C=O) groups excluding carboxylic acids is 2. The number of pyridine rings is 1. The van der Waals surface area contributed by atoms with Crippen molar-refractivity contribution in [2.75, 3.05) is 5.32 Å². The highest BCUT2D eigenvalue weighted by atomic mass is 35.5. The van der Waals surface area contributed by atoms with Gasteiger partial charge in [0.05, 0.1) is 11.3 Å². The van der Waals surface area contributed by atoms with Crippen LogP contribution in [-0.4, -0.2) is 23.0 Å². The third kappa shape index (κ3) is 4.13. The van der Waals surface area contributed by atoms with E-state index in [0.29, 0.717) is 17.3 Å². The van der Waals surface area contributed by atoms with Gasteiger partial charge < -0.3 is 10.1 Å². The van der Waals surface area contributed by atoms with Gasteiger partial charge in [-0.05, 0) is 44.5 Å². The molecule has 9 heteroatoms. The first kappa shape index (κ1) is 19.7. The molecule has 1 aromatic carbocycles. The monoisotopic (exact) mass is 386 g/mol. The van der Waals surface area contributed by atoms with Gasteiger partial charge >= 0.3 is 5.97 Å². The van der Waals surface area contributed by atoms with Gasteiger partial charge in [-0.3, -0.25) is 4.79 Å². The molecule has 1 amide bonds. The summed E-state index contributed by atoms with van der Waals surface area (Å²) in [6.07, 6.45) is -1.35. The van der Waals surface area contributed by atoms with Crippen molar-refractivity contribution in [1.29, 1.82) is 0 Å². The maximum absolute atomic E-state index is 13.6. The van der Waals surface area contributed by atoms with E-state index in [0.717, 1.165) is 6.07 Å². The Morgan fingerprint density at radius 2 is 1.85 bits per heavy atom. The first-order chi connectivity index (χ1) is 12.1. The van der Waals surface area contributed by atoms with Crippen LogP contribution in [0.2, 0.25) is 5.15 Å². The molecule has 0 aliphatic carbocycles. The van der Waals surface area contributed by atoms with Crippen LogP contribution in [0.4, 0.5) is 18.9 Å². The molecule has 2 rings (SSSR count). The largest absolute Gasteiger partial charge is 0.449 e. The smallest absolute Gasteiger partial charge is 0.342 e. The van der Waals surface area contributed by atoms with E-state index in [-0.39, 0.29) is 10.7 Å². The second kappa shape index (κ2) is 7.74. The molecule has 0 aliphatic rings. The van der Waals surface area contributed by atoms with Gasteiger partial charge in [-0.25, -0.2) is 22.9 Å². The van der Waals surface area contributed by atoms with Crippen LogP contribution in [-0.2, 0) is 9.53 Å². The molecule has 2 aromatic rings. The number of halogens is 4. The molecule has 0 spiro atoms. The van der Waals surface area contributed by atoms with Gasteiger partial charge in [0.1, 0.15) is 5.15 Å². The van der Waals surface area contributed by atoms with Crippen molar-refractivity contribution in [3.63, 3.8) is 0 Å². The van der Waals surface area contributed by atoms with Crippen LogP contribution in [0.1, 0.15) is 28.5 Å². The lowest BCUT2D eigenvalue weighted by Gasteiger charge is -2.15. The Morgan fingerprint density at radius 1 is 1.19 bits per heavy atom. The normalized spacial score (nSPS) is 11.8. The molecule has 138 valence electrons. The molecule has 0 saturated carbocycles. The van der Waals surface area contributed by atoms with Crippen LogP contribution < -0.4 is 5.32 Å². The highest BCUT2D eigenvalue weighted by Crippen LogP contribution is 2.22. The van der Waals surface area contributed by atoms with Crippen LogP contribution in [0.25, 0.3) is 0 Å². The number of aryl methyl sites for hydroxylation is 2. The summed E-state index contributed by atoms with van der Waals surface area (Å²) in [5.41, 5.74) is 0.523. The fraction of sp³-hybridized carbons (Fsp3) is 0.235. The lowest BCUT2D eigenvalue weighted by atomic mass is 10.1. The number of amides is 1. The van der Waals surface area contributed by atoms with Gasteiger partial charge in [-0.1, -0.05) is 11.6 Å². The number of esters is 1. The Balaban J connectivity index is 2.13. The van der Waals surface area contributed by atoms with Crippen molar-refractivity contribution in [1.82, 2.24) is 4.98 Å². The first-order valence-corrected chi connectivity index (χ1v) is 7.78. The molecule has 0 saturated heterocycles. The highest BCUT2D eigenvalue weighted by molar-refractivity contribution is 6.32. The molecular formula is C17H14ClF3N2O3. The topological polar surface area (TPSA) is 68.3 Å². The second-order valence-corrected chi connectivity index (χ2v) is 5.86. The van der Waals surface area contributed by atoms with Crippen molar-refractivity contribution >= 4 is 29.2 Å². The number of nitrogens with one attached hydrogen (secondary N) is 1. The van der Waals surface area contributed by atoms with Gasteiger partial charge in [0, 0.05) is 5.69 Å². The van der Waals surface area contributed by atoms with Crippen molar-refractivity contribution in [2.24, 2.45) is 0 Å². The summed E-state index contributed by atoms with van der Waals surface area (Å²) in [7, 11) is 0. The van der Waals surface area contributed by atoms with E-state index in [9.17, 15) is 22.8 Å². The summed E-state index contributed by atoms with van der Waals surface area (Å²) in [6.45, 7) is 4.55. The van der Waals surface area contributed by atoms with Crippen LogP contribution in [0.3, 0.4) is 0 Å². The van der Waals surface area contributed by atoms with E-state index >= 15 is 0 Å². The minimum atomic E-state index is -1.72. The Labute approximate surface area is 152 Å². The average Bonchev–Trinajstić information content (AvgIpc) is 2.54. The summed E-state index contributed by atoms with van der Waals surface area (Å²) in [5.74, 6) is -6.50. The van der Waals surface area contributed by atoms with Crippen LogP contribution in [0.5, 0.6) is 0 Å². The molecule has 0 unspecified atom stereocenters. The maximum atomic E-state index is 13.6. The summed E-state index contributed by atoms with van der Waals surface area (Å²) >= 11 is 5.94. The fourth-order valence-electron chi connectivity index (χ4n) is 2.17. The maximum Gasteiger partial charge on any atom is 0.342 e. The molecule has 1 atom stereocenters. The number of aromatic nitrogens is 1. The fourth-order valence-corrected chi connectivity index (χ4v) is 2.53. The van der Waals surface area contributed by atoms with Gasteiger partial charge in [0.2, 0.25) is 0 Å². The predicted molar refractivity (Wildman–Crippen MR) is 88.5 cm³/mol. The van der Waals surface area contributed by atoms with E-state index in [1.165, 1.54) is 6.92 Å². The summed E-state index contributed by atoms with van der Waals surface area (Å²) < 4.78 is 44.7. The highest BCUT2D eigenvalue weighted by Gasteiger charge is 2.24. The molecule has 1 N–H and O–H groups in total. The quantitative estimate of drug-likeness (QED) is 0.490. The number of nitrogens with zero attached hydrogens (tertiary/aromatic N) is 1. The number of anilines is 1. The van der Waals surface area contributed by atoms with Crippen molar-refractivity contribution in [2.45, 2.75) is 26.9 Å². The molecule has 26 heavy (non-hydrogen) atoms. The van der Waals surface area contributed by atoms with E-state index < -0.39 is 41.1 Å². The Kier molecular flexibility index (Phi) is 5.86. The number of hydrogen-bond donors (Lipinski definition) is 1. The number of carbonyl (C=O) groups is 2. The molecule has 0 bridgehead atoms. The summed E-state index contributed by atoms with van der Waals surface area (Å²) in [4.78, 5) is 28.2. The third-order valence-electron chi connectivity index (χ3n) is 3.45. The molecule has 5 nitrogen and oxygen atoms in total. The molecule has 1 aromatic heterocycles. The van der Waals surface area contributed by atoms with Crippen molar-refractivity contribution in [3.8, 4) is 0 Å². The average molecular weight is 387 g/mol. The standard InChI is InChI=1S/C17H14ClF3N2O3/c1-7-6-8(2)22-15(18)12(7)17(25)26-9(3)16(24)23-11-5-4-10(19)13(20)14(11)21/h4-6,9H,1-3H3,(H,23,24)/t9-/m0/s1. The number of benzene rings is 1. The SMILES string of the molecule is Cc1cc(C)c(C(=O)O[C@@H](C)C(=O)Nc2ccc(F)c(F)c2F)c(Cl)n1. The van der Waals surface area contributed by atoms with Crippen LogP contribution in [0.15, 0.2) is 18.2 Å². The van der Waals surface area contributed by atoms with Crippen LogP contribution >= 0.6 is 11.6 Å². The molecule has 0 aliphatic heterocycles. The van der Waals surface area contributed by atoms with E-state index in [1.807, 2.05) is 5.32 Å². The number of ether oxygens (including phenoxy) is 1. The van der Waals surface area contributed by atoms with Crippen LogP contribution in [0, 0.1) is 31.3 Å². The molecule has 0 radical (unpaired) electrons. The minimum absolute atomic E-state index is 0.00377. The van der Waals surface area contributed by atoms with E-state index in [2.05, 4.69) is 4.98 Å². The second-order valence-electron chi connectivity index (χ2n) is 5.51. The van der Waals surface area contributed by atoms with Gasteiger partial charge in [0.25, 0.3) is 5.91 Å². The zero-order valence-electron chi connectivity index (χ0n) is 14.0. The summed E-state index contributed by atoms with van der Waals surface area (Å²) in [6, 6.07) is 3.13. The Bertz CT molecular complexity index is 867. The molecule has 0 fully saturated rings. The third-order valence-corrected chi connectivity index (χ3v) is 3.72. The minimum Gasteiger partial charge on any atom is -0.449 e. The Hall–Kier alpha value is -2.61. The van der Waals surface area contributed by atoms with Crippen molar-refractivity contribution < 1.29 is 27.5 Å². The Morgan fingerprint density at radius 3 is 2.46 bits per heavy atom. The lowest BCUT2D eigenvalue weighted by molar-refractivity contribution is -0.123. The summed E-state index contributed by atoms with van der Waals surface area (Å²) in [5, 5.41) is 1.95. The number of rotatable bonds is 4. The molecular weight excluding hydrogens is 373 g/mol. The van der Waals surface area contributed by atoms with Gasteiger partial charge in [-0.2, -0.15) is 0 Å². The zero-order valence-corrected chi connectivity index (χ0v) is 14.7.